The standard InChI is InChI=1S/C5H9N3S2/c1-5(2,10-9)8-3-6-7-4-8/h3-4,9H,1-2H3. The van der Waals surface area contributed by atoms with E-state index in [0.29, 0.717) is 0 Å². The van der Waals surface area contributed by atoms with Gasteiger partial charge in [-0.25, -0.2) is 0 Å². The minimum Gasteiger partial charge on any atom is -0.304 e. The average molecular weight is 175 g/mol. The highest BCUT2D eigenvalue weighted by Crippen LogP contribution is 2.31. The maximum absolute atomic E-state index is 4.13. The largest absolute Gasteiger partial charge is 0.304 e. The number of nitrogens with zero attached hydrogens (tertiary/aromatic N) is 3. The summed E-state index contributed by atoms with van der Waals surface area (Å²) in [5.41, 5.74) is 0. The quantitative estimate of drug-likeness (QED) is 0.546. The summed E-state index contributed by atoms with van der Waals surface area (Å²) >= 11 is 4.13. The predicted molar refractivity (Wildman–Crippen MR) is 45.9 cm³/mol. The van der Waals surface area contributed by atoms with Crippen molar-refractivity contribution in [2.75, 3.05) is 0 Å². The molecule has 0 radical (unpaired) electrons. The Morgan fingerprint density at radius 3 is 2.30 bits per heavy atom. The first-order valence-electron chi connectivity index (χ1n) is 2.84. The van der Waals surface area contributed by atoms with Crippen molar-refractivity contribution >= 4 is 22.5 Å². The Labute approximate surface area is 69.0 Å². The molecular formula is C5H9N3S2. The Morgan fingerprint density at radius 2 is 1.90 bits per heavy atom. The van der Waals surface area contributed by atoms with Crippen LogP contribution in [0.2, 0.25) is 0 Å². The van der Waals surface area contributed by atoms with Crippen molar-refractivity contribution in [3.05, 3.63) is 12.7 Å². The summed E-state index contributed by atoms with van der Waals surface area (Å²) < 4.78 is 1.91. The summed E-state index contributed by atoms with van der Waals surface area (Å²) in [7, 11) is 1.46. The average Bonchev–Trinajstić information content (AvgIpc) is 2.38. The predicted octanol–water partition coefficient (Wildman–Crippen LogP) is 1.55. The first-order chi connectivity index (χ1) is 4.67. The van der Waals surface area contributed by atoms with Crippen molar-refractivity contribution in [3.63, 3.8) is 0 Å². The van der Waals surface area contributed by atoms with Crippen molar-refractivity contribution in [1.82, 2.24) is 14.8 Å². The van der Waals surface area contributed by atoms with Gasteiger partial charge in [-0.15, -0.1) is 21.9 Å². The van der Waals surface area contributed by atoms with Crippen molar-refractivity contribution in [3.8, 4) is 0 Å². The number of hydrogen-bond acceptors (Lipinski definition) is 4. The van der Waals surface area contributed by atoms with Crippen molar-refractivity contribution in [1.29, 1.82) is 0 Å². The van der Waals surface area contributed by atoms with E-state index in [1.54, 1.807) is 12.7 Å². The van der Waals surface area contributed by atoms with Crippen LogP contribution >= 0.6 is 22.5 Å². The van der Waals surface area contributed by atoms with E-state index < -0.39 is 0 Å². The van der Waals surface area contributed by atoms with Crippen LogP contribution in [0.4, 0.5) is 0 Å². The molecule has 0 saturated heterocycles. The van der Waals surface area contributed by atoms with Gasteiger partial charge >= 0.3 is 0 Å². The minimum absolute atomic E-state index is 0.0629. The van der Waals surface area contributed by atoms with E-state index in [2.05, 4.69) is 21.9 Å². The topological polar surface area (TPSA) is 30.7 Å². The monoisotopic (exact) mass is 175 g/mol. The van der Waals surface area contributed by atoms with Crippen molar-refractivity contribution < 1.29 is 0 Å². The van der Waals surface area contributed by atoms with E-state index in [-0.39, 0.29) is 4.87 Å². The number of rotatable bonds is 2. The zero-order chi connectivity index (χ0) is 7.61. The Kier molecular flexibility index (Phi) is 2.25. The summed E-state index contributed by atoms with van der Waals surface area (Å²) in [6, 6.07) is 0. The molecule has 0 unspecified atom stereocenters. The van der Waals surface area contributed by atoms with Gasteiger partial charge in [-0.1, -0.05) is 10.8 Å². The molecule has 0 fully saturated rings. The Balaban J connectivity index is 2.85. The first kappa shape index (κ1) is 7.94. The smallest absolute Gasteiger partial charge is 0.120 e. The third-order valence-corrected chi connectivity index (χ3v) is 3.26. The normalized spacial score (nSPS) is 11.9. The summed E-state index contributed by atoms with van der Waals surface area (Å²) in [6.45, 7) is 4.10. The van der Waals surface area contributed by atoms with E-state index in [9.17, 15) is 0 Å². The molecule has 0 amide bonds. The third kappa shape index (κ3) is 1.46. The first-order valence-corrected chi connectivity index (χ1v) is 4.71. The molecule has 5 heteroatoms. The molecule has 3 nitrogen and oxygen atoms in total. The van der Waals surface area contributed by atoms with E-state index in [4.69, 9.17) is 0 Å². The number of thiol groups is 1. The Bertz CT molecular complexity index is 195. The van der Waals surface area contributed by atoms with Crippen LogP contribution in [0.1, 0.15) is 13.8 Å². The zero-order valence-corrected chi connectivity index (χ0v) is 7.56. The van der Waals surface area contributed by atoms with Gasteiger partial charge in [0, 0.05) is 0 Å². The van der Waals surface area contributed by atoms with Gasteiger partial charge in [-0.05, 0) is 13.8 Å². The Morgan fingerprint density at radius 1 is 1.40 bits per heavy atom. The molecule has 10 heavy (non-hydrogen) atoms. The van der Waals surface area contributed by atoms with Crippen LogP contribution < -0.4 is 0 Å². The van der Waals surface area contributed by atoms with Gasteiger partial charge < -0.3 is 4.57 Å². The summed E-state index contributed by atoms with van der Waals surface area (Å²) in [5, 5.41) is 7.40. The lowest BCUT2D eigenvalue weighted by Crippen LogP contribution is -2.18. The highest BCUT2D eigenvalue weighted by Gasteiger charge is 2.17. The van der Waals surface area contributed by atoms with Gasteiger partial charge in [0.15, 0.2) is 0 Å². The van der Waals surface area contributed by atoms with Gasteiger partial charge in [0.1, 0.15) is 12.7 Å². The molecule has 0 aliphatic rings. The number of aromatic nitrogens is 3. The van der Waals surface area contributed by atoms with Gasteiger partial charge in [0.2, 0.25) is 0 Å². The van der Waals surface area contributed by atoms with Crippen LogP contribution in [0.25, 0.3) is 0 Å². The summed E-state index contributed by atoms with van der Waals surface area (Å²) in [5.74, 6) is 0. The lowest BCUT2D eigenvalue weighted by Gasteiger charge is -2.21. The van der Waals surface area contributed by atoms with E-state index in [1.165, 1.54) is 10.8 Å². The molecule has 0 atom stereocenters. The second-order valence-corrected chi connectivity index (χ2v) is 4.14. The number of hydrogen-bond donors (Lipinski definition) is 1. The van der Waals surface area contributed by atoms with Gasteiger partial charge in [0.25, 0.3) is 0 Å². The summed E-state index contributed by atoms with van der Waals surface area (Å²) in [6.07, 6.45) is 3.37. The molecule has 1 rings (SSSR count). The van der Waals surface area contributed by atoms with Crippen LogP contribution in [0.3, 0.4) is 0 Å². The molecule has 1 aromatic rings. The molecule has 1 heterocycles. The van der Waals surface area contributed by atoms with Crippen LogP contribution in [0.5, 0.6) is 0 Å². The molecule has 0 aliphatic heterocycles. The molecule has 0 spiro atoms. The zero-order valence-electron chi connectivity index (χ0n) is 5.85. The molecule has 56 valence electrons. The highest BCUT2D eigenvalue weighted by molar-refractivity contribution is 8.68. The van der Waals surface area contributed by atoms with Crippen LogP contribution in [-0.2, 0) is 4.87 Å². The molecule has 0 saturated carbocycles. The minimum atomic E-state index is -0.0629. The molecule has 0 aliphatic carbocycles. The van der Waals surface area contributed by atoms with E-state index in [1.807, 2.05) is 18.4 Å². The fraction of sp³-hybridized carbons (Fsp3) is 0.600. The summed E-state index contributed by atoms with van der Waals surface area (Å²) in [4.78, 5) is -0.0629. The third-order valence-electron chi connectivity index (χ3n) is 1.26. The van der Waals surface area contributed by atoms with Gasteiger partial charge in [-0.3, -0.25) is 0 Å². The van der Waals surface area contributed by atoms with Crippen molar-refractivity contribution in [2.45, 2.75) is 18.7 Å². The van der Waals surface area contributed by atoms with Crippen LogP contribution in [-0.4, -0.2) is 14.8 Å². The van der Waals surface area contributed by atoms with Gasteiger partial charge in [0.05, 0.1) is 4.87 Å². The van der Waals surface area contributed by atoms with E-state index in [0.717, 1.165) is 0 Å². The lowest BCUT2D eigenvalue weighted by atomic mass is 10.4. The van der Waals surface area contributed by atoms with Crippen LogP contribution in [0, 0.1) is 0 Å². The molecule has 0 N–H and O–H groups in total. The van der Waals surface area contributed by atoms with E-state index >= 15 is 0 Å². The van der Waals surface area contributed by atoms with Crippen LogP contribution in [0.15, 0.2) is 12.7 Å². The second-order valence-electron chi connectivity index (χ2n) is 2.41. The maximum atomic E-state index is 4.13. The van der Waals surface area contributed by atoms with Gasteiger partial charge in [-0.2, -0.15) is 0 Å². The molecule has 0 bridgehead atoms. The Hall–Kier alpha value is -0.160. The fourth-order valence-electron chi connectivity index (χ4n) is 0.526. The SMILES string of the molecule is CC(C)(SS)n1cnnc1. The molecule has 1 aromatic heterocycles. The lowest BCUT2D eigenvalue weighted by molar-refractivity contribution is 0.538. The van der Waals surface area contributed by atoms with Crippen molar-refractivity contribution in [2.24, 2.45) is 0 Å². The fourth-order valence-corrected chi connectivity index (χ4v) is 0.997. The highest BCUT2D eigenvalue weighted by atomic mass is 33.1. The molecular weight excluding hydrogens is 166 g/mol. The maximum Gasteiger partial charge on any atom is 0.120 e. The molecule has 0 aromatic carbocycles. The second kappa shape index (κ2) is 2.84.